The van der Waals surface area contributed by atoms with E-state index >= 15 is 0 Å². The van der Waals surface area contributed by atoms with Gasteiger partial charge in [-0.2, -0.15) is 5.10 Å². The van der Waals surface area contributed by atoms with Crippen LogP contribution in [0.2, 0.25) is 0 Å². The molecule has 1 aromatic heterocycles. The molecule has 0 atom stereocenters. The normalized spacial score (nSPS) is 17.0. The van der Waals surface area contributed by atoms with Gasteiger partial charge in [0.05, 0.1) is 11.7 Å². The van der Waals surface area contributed by atoms with Crippen LogP contribution in [-0.4, -0.2) is 21.5 Å². The van der Waals surface area contributed by atoms with Crippen molar-refractivity contribution in [1.82, 2.24) is 9.78 Å². The number of nitrogens with zero attached hydrogens (tertiary/aromatic N) is 2. The van der Waals surface area contributed by atoms with Crippen LogP contribution in [-0.2, 0) is 6.42 Å². The monoisotopic (exact) mass is 330 g/mol. The van der Waals surface area contributed by atoms with Crippen LogP contribution in [0.4, 0.5) is 0 Å². The highest BCUT2D eigenvalue weighted by atomic mass is 35.5. The van der Waals surface area contributed by atoms with Crippen molar-refractivity contribution < 1.29 is 0 Å². The molecule has 21 heavy (non-hydrogen) atoms. The molecule has 0 aromatic carbocycles. The van der Waals surface area contributed by atoms with E-state index in [1.807, 2.05) is 0 Å². The van der Waals surface area contributed by atoms with E-state index in [1.165, 1.54) is 25.7 Å². The van der Waals surface area contributed by atoms with Gasteiger partial charge in [0, 0.05) is 23.4 Å². The number of halogens is 2. The first-order chi connectivity index (χ1) is 10.2. The zero-order valence-corrected chi connectivity index (χ0v) is 14.8. The van der Waals surface area contributed by atoms with Gasteiger partial charge in [0.25, 0.3) is 0 Å². The third-order valence-corrected chi connectivity index (χ3v) is 6.33. The Hall–Kier alpha value is -0.210. The van der Waals surface area contributed by atoms with Crippen molar-refractivity contribution in [3.63, 3.8) is 0 Å². The van der Waals surface area contributed by atoms with Gasteiger partial charge in [-0.15, -0.1) is 23.2 Å². The van der Waals surface area contributed by atoms with Crippen LogP contribution in [0.5, 0.6) is 0 Å². The lowest BCUT2D eigenvalue weighted by molar-refractivity contribution is 0.222. The lowest BCUT2D eigenvalue weighted by Gasteiger charge is -2.35. The molecule has 0 aliphatic heterocycles. The van der Waals surface area contributed by atoms with Crippen molar-refractivity contribution in [1.29, 1.82) is 0 Å². The van der Waals surface area contributed by atoms with Gasteiger partial charge in [-0.1, -0.05) is 26.7 Å². The third-order valence-electron chi connectivity index (χ3n) is 5.27. The lowest BCUT2D eigenvalue weighted by Crippen LogP contribution is -2.35. The Labute approximate surface area is 139 Å². The average molecular weight is 331 g/mol. The number of hydrogen-bond donors (Lipinski definition) is 0. The Balaban J connectivity index is 2.13. The summed E-state index contributed by atoms with van der Waals surface area (Å²) in [6.07, 6.45) is 10.5. The lowest BCUT2D eigenvalue weighted by atomic mass is 9.74. The molecule has 0 spiro atoms. The maximum Gasteiger partial charge on any atom is 0.0631 e. The highest BCUT2D eigenvalue weighted by molar-refractivity contribution is 6.21. The molecule has 1 aliphatic rings. The highest BCUT2D eigenvalue weighted by Gasteiger charge is 2.39. The Morgan fingerprint density at radius 2 is 1.86 bits per heavy atom. The second kappa shape index (κ2) is 7.87. The van der Waals surface area contributed by atoms with E-state index in [0.717, 1.165) is 25.0 Å². The smallest absolute Gasteiger partial charge is 0.0631 e. The first kappa shape index (κ1) is 17.1. The van der Waals surface area contributed by atoms with Crippen LogP contribution in [0.25, 0.3) is 0 Å². The molecule has 0 bridgehead atoms. The molecule has 0 N–H and O–H groups in total. The Kier molecular flexibility index (Phi) is 6.43. The van der Waals surface area contributed by atoms with E-state index in [2.05, 4.69) is 30.8 Å². The molecule has 1 heterocycles. The molecular formula is C17H28Cl2N2. The summed E-state index contributed by atoms with van der Waals surface area (Å²) in [5.74, 6) is 1.93. The molecular weight excluding hydrogens is 303 g/mol. The molecule has 1 aromatic rings. The minimum absolute atomic E-state index is 0.0206. The Morgan fingerprint density at radius 3 is 2.38 bits per heavy atom. The third kappa shape index (κ3) is 3.76. The molecule has 0 saturated heterocycles. The topological polar surface area (TPSA) is 17.8 Å². The molecule has 0 unspecified atom stereocenters. The average Bonchev–Trinajstić information content (AvgIpc) is 3.18. The van der Waals surface area contributed by atoms with Gasteiger partial charge in [0.1, 0.15) is 0 Å². The molecule has 2 rings (SSSR count). The first-order valence-corrected chi connectivity index (χ1v) is 9.42. The number of rotatable bonds is 8. The zero-order valence-electron chi connectivity index (χ0n) is 13.3. The first-order valence-electron chi connectivity index (χ1n) is 8.35. The molecule has 0 radical (unpaired) electrons. The van der Waals surface area contributed by atoms with E-state index in [9.17, 15) is 0 Å². The van der Waals surface area contributed by atoms with Crippen molar-refractivity contribution in [3.8, 4) is 0 Å². The van der Waals surface area contributed by atoms with Gasteiger partial charge < -0.3 is 0 Å². The summed E-state index contributed by atoms with van der Waals surface area (Å²) in [6, 6.07) is 2.66. The molecule has 1 fully saturated rings. The quantitative estimate of drug-likeness (QED) is 0.580. The second-order valence-electron chi connectivity index (χ2n) is 6.55. The van der Waals surface area contributed by atoms with Crippen molar-refractivity contribution in [2.75, 3.05) is 11.8 Å². The molecule has 1 aliphatic carbocycles. The highest BCUT2D eigenvalue weighted by Crippen LogP contribution is 2.44. The summed E-state index contributed by atoms with van der Waals surface area (Å²) in [7, 11) is 0. The summed E-state index contributed by atoms with van der Waals surface area (Å²) in [4.78, 5) is 0. The van der Waals surface area contributed by atoms with Crippen molar-refractivity contribution in [3.05, 3.63) is 18.0 Å². The van der Waals surface area contributed by atoms with Crippen LogP contribution in [0, 0.1) is 11.3 Å². The minimum atomic E-state index is 0.0206. The van der Waals surface area contributed by atoms with E-state index in [1.54, 1.807) is 0 Å². The van der Waals surface area contributed by atoms with Crippen LogP contribution >= 0.6 is 23.2 Å². The molecule has 4 heteroatoms. The molecule has 1 saturated carbocycles. The van der Waals surface area contributed by atoms with E-state index in [0.29, 0.717) is 23.7 Å². The molecule has 120 valence electrons. The SMILES string of the molecule is CCC(CC)n1ccc(CC(CCl)(CCl)C2CCCC2)n1. The Bertz CT molecular complexity index is 416. The summed E-state index contributed by atoms with van der Waals surface area (Å²) >= 11 is 12.7. The number of aromatic nitrogens is 2. The van der Waals surface area contributed by atoms with Crippen molar-refractivity contribution in [2.45, 2.75) is 64.8 Å². The predicted octanol–water partition coefficient (Wildman–Crippen LogP) is 5.44. The van der Waals surface area contributed by atoms with E-state index in [4.69, 9.17) is 28.3 Å². The fourth-order valence-electron chi connectivity index (χ4n) is 3.73. The van der Waals surface area contributed by atoms with Crippen LogP contribution in [0.15, 0.2) is 12.3 Å². The van der Waals surface area contributed by atoms with Gasteiger partial charge in [-0.25, -0.2) is 0 Å². The molecule has 2 nitrogen and oxygen atoms in total. The fraction of sp³-hybridized carbons (Fsp3) is 0.824. The van der Waals surface area contributed by atoms with Crippen molar-refractivity contribution >= 4 is 23.2 Å². The summed E-state index contributed by atoms with van der Waals surface area (Å²) in [6.45, 7) is 4.44. The largest absolute Gasteiger partial charge is 0.269 e. The number of hydrogen-bond acceptors (Lipinski definition) is 1. The van der Waals surface area contributed by atoms with Crippen molar-refractivity contribution in [2.24, 2.45) is 11.3 Å². The Morgan fingerprint density at radius 1 is 1.24 bits per heavy atom. The summed E-state index contributed by atoms with van der Waals surface area (Å²) in [5.41, 5.74) is 1.17. The standard InChI is InChI=1S/C17H28Cl2N2/c1-3-16(4-2)21-10-9-15(20-21)11-17(12-18,13-19)14-7-5-6-8-14/h9-10,14,16H,3-8,11-13H2,1-2H3. The van der Waals surface area contributed by atoms with Crippen LogP contribution in [0.3, 0.4) is 0 Å². The van der Waals surface area contributed by atoms with E-state index in [-0.39, 0.29) is 5.41 Å². The molecule has 0 amide bonds. The van der Waals surface area contributed by atoms with E-state index < -0.39 is 0 Å². The van der Waals surface area contributed by atoms with Gasteiger partial charge in [-0.3, -0.25) is 4.68 Å². The predicted molar refractivity (Wildman–Crippen MR) is 91.4 cm³/mol. The zero-order chi connectivity index (χ0) is 15.3. The minimum Gasteiger partial charge on any atom is -0.269 e. The summed E-state index contributed by atoms with van der Waals surface area (Å²) < 4.78 is 2.12. The maximum atomic E-state index is 6.36. The van der Waals surface area contributed by atoms with Gasteiger partial charge >= 0.3 is 0 Å². The maximum absolute atomic E-state index is 6.36. The summed E-state index contributed by atoms with van der Waals surface area (Å²) in [5, 5.41) is 4.80. The fourth-order valence-corrected chi connectivity index (χ4v) is 4.64. The van der Waals surface area contributed by atoms with Gasteiger partial charge in [-0.05, 0) is 44.1 Å². The second-order valence-corrected chi connectivity index (χ2v) is 7.08. The number of alkyl halides is 2. The van der Waals surface area contributed by atoms with Gasteiger partial charge in [0.15, 0.2) is 0 Å². The van der Waals surface area contributed by atoms with Gasteiger partial charge in [0.2, 0.25) is 0 Å². The van der Waals surface area contributed by atoms with Crippen LogP contribution in [0.1, 0.15) is 64.1 Å². The van der Waals surface area contributed by atoms with Crippen LogP contribution < -0.4 is 0 Å².